The maximum Gasteiger partial charge on any atom is 0.313 e. The number of rotatable bonds is 3. The van der Waals surface area contributed by atoms with E-state index in [9.17, 15) is 9.59 Å². The largest absolute Gasteiger partial charge is 0.463 e. The van der Waals surface area contributed by atoms with Crippen LogP contribution in [0.2, 0.25) is 0 Å². The predicted octanol–water partition coefficient (Wildman–Crippen LogP) is 2.69. The molecule has 5 nitrogen and oxygen atoms in total. The Balaban J connectivity index is 1.66. The van der Waals surface area contributed by atoms with Crippen LogP contribution in [0.15, 0.2) is 40.9 Å². The summed E-state index contributed by atoms with van der Waals surface area (Å²) < 4.78 is 12.4. The molecule has 4 rings (SSSR count). The van der Waals surface area contributed by atoms with Crippen LogP contribution in [0.1, 0.15) is 13.8 Å². The Bertz CT molecular complexity index is 729. The topological polar surface area (TPSA) is 55.8 Å². The molecule has 1 spiro atoms. The molecule has 4 atom stereocenters. The Morgan fingerprint density at radius 1 is 1.38 bits per heavy atom. The number of amides is 1. The zero-order valence-corrected chi connectivity index (χ0v) is 15.0. The van der Waals surface area contributed by atoms with E-state index in [4.69, 9.17) is 9.47 Å². The fourth-order valence-corrected chi connectivity index (χ4v) is 4.18. The molecule has 0 aromatic heterocycles. The number of ether oxygens (including phenoxy) is 2. The van der Waals surface area contributed by atoms with Crippen molar-refractivity contribution in [2.75, 3.05) is 11.4 Å². The van der Waals surface area contributed by atoms with Crippen molar-refractivity contribution in [2.24, 2.45) is 11.8 Å². The second kappa shape index (κ2) is 5.43. The van der Waals surface area contributed by atoms with Gasteiger partial charge in [0.05, 0.1) is 24.7 Å². The number of benzene rings is 1. The van der Waals surface area contributed by atoms with E-state index in [2.05, 4.69) is 15.9 Å². The van der Waals surface area contributed by atoms with E-state index < -0.39 is 17.4 Å². The third kappa shape index (κ3) is 2.24. The number of hydrogen-bond acceptors (Lipinski definition) is 4. The summed E-state index contributed by atoms with van der Waals surface area (Å²) in [5.74, 6) is -1.50. The molecule has 1 aromatic carbocycles. The molecule has 2 saturated heterocycles. The molecule has 3 heterocycles. The van der Waals surface area contributed by atoms with Crippen LogP contribution < -0.4 is 4.90 Å². The quantitative estimate of drug-likeness (QED) is 0.587. The average molecular weight is 392 g/mol. The highest BCUT2D eigenvalue weighted by molar-refractivity contribution is 9.10. The molecule has 3 aliphatic heterocycles. The summed E-state index contributed by atoms with van der Waals surface area (Å²) in [6.07, 6.45) is 3.26. The van der Waals surface area contributed by atoms with Gasteiger partial charge in [0.15, 0.2) is 0 Å². The summed E-state index contributed by atoms with van der Waals surface area (Å²) in [6.45, 7) is 4.04. The zero-order chi connectivity index (χ0) is 17.1. The molecule has 1 amide bonds. The third-order valence-electron chi connectivity index (χ3n) is 4.86. The van der Waals surface area contributed by atoms with Crippen molar-refractivity contribution in [2.45, 2.75) is 31.7 Å². The second-order valence-corrected chi connectivity index (χ2v) is 7.70. The van der Waals surface area contributed by atoms with Crippen LogP contribution in [0, 0.1) is 11.8 Å². The van der Waals surface area contributed by atoms with Crippen molar-refractivity contribution < 1.29 is 19.1 Å². The van der Waals surface area contributed by atoms with Crippen LogP contribution in [0.25, 0.3) is 0 Å². The van der Waals surface area contributed by atoms with E-state index in [0.29, 0.717) is 6.54 Å². The van der Waals surface area contributed by atoms with Gasteiger partial charge in [-0.3, -0.25) is 9.59 Å². The molecule has 126 valence electrons. The van der Waals surface area contributed by atoms with Crippen molar-refractivity contribution in [1.29, 1.82) is 0 Å². The fraction of sp³-hybridized carbons (Fsp3) is 0.444. The molecule has 2 fully saturated rings. The maximum absolute atomic E-state index is 13.1. The SMILES string of the molecule is CC(C)OC(=O)[C@@H]1[C@@H]2C=C[C@]3(CN(c4ccc(Br)cc4)C(=O)[C@H]13)O2. The number of anilines is 1. The number of esters is 1. The summed E-state index contributed by atoms with van der Waals surface area (Å²) in [7, 11) is 0. The fourth-order valence-electron chi connectivity index (χ4n) is 3.92. The summed E-state index contributed by atoms with van der Waals surface area (Å²) in [4.78, 5) is 27.3. The van der Waals surface area contributed by atoms with E-state index >= 15 is 0 Å². The van der Waals surface area contributed by atoms with Crippen molar-refractivity contribution in [1.82, 2.24) is 0 Å². The lowest BCUT2D eigenvalue weighted by atomic mass is 9.77. The van der Waals surface area contributed by atoms with Gasteiger partial charge in [0, 0.05) is 10.2 Å². The first kappa shape index (κ1) is 15.8. The molecule has 0 saturated carbocycles. The van der Waals surface area contributed by atoms with E-state index in [-0.39, 0.29) is 24.1 Å². The Hall–Kier alpha value is -1.66. The highest BCUT2D eigenvalue weighted by Gasteiger charge is 2.67. The second-order valence-electron chi connectivity index (χ2n) is 6.79. The Labute approximate surface area is 148 Å². The van der Waals surface area contributed by atoms with Crippen LogP contribution in [-0.4, -0.2) is 36.2 Å². The Kier molecular flexibility index (Phi) is 3.58. The summed E-state index contributed by atoms with van der Waals surface area (Å²) >= 11 is 3.40. The van der Waals surface area contributed by atoms with E-state index in [1.165, 1.54) is 0 Å². The number of nitrogens with zero attached hydrogens (tertiary/aromatic N) is 1. The molecule has 2 bridgehead atoms. The van der Waals surface area contributed by atoms with Crippen molar-refractivity contribution >= 4 is 33.5 Å². The number of carbonyl (C=O) groups is 2. The van der Waals surface area contributed by atoms with Gasteiger partial charge < -0.3 is 14.4 Å². The molecule has 0 unspecified atom stereocenters. The van der Waals surface area contributed by atoms with Gasteiger partial charge in [0.2, 0.25) is 5.91 Å². The first-order chi connectivity index (χ1) is 11.4. The predicted molar refractivity (Wildman–Crippen MR) is 91.4 cm³/mol. The normalized spacial score (nSPS) is 33.4. The summed E-state index contributed by atoms with van der Waals surface area (Å²) in [5.41, 5.74) is 0.0959. The molecule has 1 aromatic rings. The number of fused-ring (bicyclic) bond motifs is 1. The summed E-state index contributed by atoms with van der Waals surface area (Å²) in [6, 6.07) is 7.56. The van der Waals surface area contributed by atoms with Crippen LogP contribution in [0.5, 0.6) is 0 Å². The average Bonchev–Trinajstić information content (AvgIpc) is 3.16. The van der Waals surface area contributed by atoms with Gasteiger partial charge in [-0.2, -0.15) is 0 Å². The maximum atomic E-state index is 13.1. The minimum absolute atomic E-state index is 0.0742. The van der Waals surface area contributed by atoms with Crippen LogP contribution in [-0.2, 0) is 19.1 Å². The first-order valence-corrected chi connectivity index (χ1v) is 8.85. The third-order valence-corrected chi connectivity index (χ3v) is 5.39. The number of carbonyl (C=O) groups excluding carboxylic acids is 2. The molecule has 0 N–H and O–H groups in total. The lowest BCUT2D eigenvalue weighted by Gasteiger charge is -2.23. The molecular weight excluding hydrogens is 374 g/mol. The van der Waals surface area contributed by atoms with Gasteiger partial charge in [-0.25, -0.2) is 0 Å². The van der Waals surface area contributed by atoms with Gasteiger partial charge >= 0.3 is 5.97 Å². The first-order valence-electron chi connectivity index (χ1n) is 8.06. The standard InChI is InChI=1S/C18H18BrNO4/c1-10(2)23-17(22)14-13-7-8-18(24-13)9-20(16(21)15(14)18)12-5-3-11(19)4-6-12/h3-8,10,13-15H,9H2,1-2H3/t13-,14+,15-,18+/m0/s1. The lowest BCUT2D eigenvalue weighted by Crippen LogP contribution is -2.40. The number of hydrogen-bond donors (Lipinski definition) is 0. The minimum atomic E-state index is -0.713. The molecule has 0 aliphatic carbocycles. The lowest BCUT2D eigenvalue weighted by molar-refractivity contribution is -0.156. The molecule has 3 aliphatic rings. The van der Waals surface area contributed by atoms with Crippen molar-refractivity contribution in [3.05, 3.63) is 40.9 Å². The van der Waals surface area contributed by atoms with E-state index in [1.807, 2.05) is 50.3 Å². The van der Waals surface area contributed by atoms with Crippen molar-refractivity contribution in [3.8, 4) is 0 Å². The monoisotopic (exact) mass is 391 g/mol. The Morgan fingerprint density at radius 2 is 2.08 bits per heavy atom. The number of halogens is 1. The molecular formula is C18H18BrNO4. The van der Waals surface area contributed by atoms with Crippen LogP contribution in [0.4, 0.5) is 5.69 Å². The molecule has 0 radical (unpaired) electrons. The van der Waals surface area contributed by atoms with Crippen molar-refractivity contribution in [3.63, 3.8) is 0 Å². The Morgan fingerprint density at radius 3 is 2.75 bits per heavy atom. The smallest absolute Gasteiger partial charge is 0.313 e. The van der Waals surface area contributed by atoms with E-state index in [0.717, 1.165) is 10.2 Å². The van der Waals surface area contributed by atoms with Gasteiger partial charge in [0.1, 0.15) is 11.5 Å². The van der Waals surface area contributed by atoms with Gasteiger partial charge in [0.25, 0.3) is 0 Å². The van der Waals surface area contributed by atoms with Gasteiger partial charge in [-0.15, -0.1) is 0 Å². The van der Waals surface area contributed by atoms with Crippen LogP contribution >= 0.6 is 15.9 Å². The molecule has 24 heavy (non-hydrogen) atoms. The van der Waals surface area contributed by atoms with E-state index in [1.54, 1.807) is 4.90 Å². The zero-order valence-electron chi connectivity index (χ0n) is 13.4. The highest BCUT2D eigenvalue weighted by Crippen LogP contribution is 2.53. The molecule has 6 heteroatoms. The summed E-state index contributed by atoms with van der Waals surface area (Å²) in [5, 5.41) is 0. The van der Waals surface area contributed by atoms with Crippen LogP contribution in [0.3, 0.4) is 0 Å². The van der Waals surface area contributed by atoms with Gasteiger partial charge in [-0.05, 0) is 38.1 Å². The van der Waals surface area contributed by atoms with Gasteiger partial charge in [-0.1, -0.05) is 28.1 Å². The minimum Gasteiger partial charge on any atom is -0.463 e. The highest BCUT2D eigenvalue weighted by atomic mass is 79.9.